The first-order valence-corrected chi connectivity index (χ1v) is 11.1. The van der Waals surface area contributed by atoms with E-state index in [1.165, 1.54) is 4.90 Å². The van der Waals surface area contributed by atoms with Crippen LogP contribution >= 0.6 is 0 Å². The molecule has 2 saturated heterocycles. The molecule has 1 N–H and O–H groups in total. The molecule has 2 fully saturated rings. The van der Waals surface area contributed by atoms with Crippen LogP contribution < -0.4 is 5.32 Å². The summed E-state index contributed by atoms with van der Waals surface area (Å²) in [7, 11) is 1.57. The highest BCUT2D eigenvalue weighted by molar-refractivity contribution is 5.99. The number of ether oxygens (including phenoxy) is 2. The first-order chi connectivity index (χ1) is 15.4. The lowest BCUT2D eigenvalue weighted by atomic mass is 9.97. The van der Waals surface area contributed by atoms with Gasteiger partial charge in [0.05, 0.1) is 19.1 Å². The van der Waals surface area contributed by atoms with Gasteiger partial charge in [-0.25, -0.2) is 0 Å². The maximum atomic E-state index is 12.8. The number of hydrogen-bond acceptors (Lipinski definition) is 6. The van der Waals surface area contributed by atoms with Crippen molar-refractivity contribution in [3.05, 3.63) is 29.8 Å². The maximum absolute atomic E-state index is 12.8. The summed E-state index contributed by atoms with van der Waals surface area (Å²) < 4.78 is 10.4. The number of carbonyl (C=O) groups is 4. The Kier molecular flexibility index (Phi) is 8.21. The van der Waals surface area contributed by atoms with Gasteiger partial charge >= 0.3 is 5.97 Å². The average Bonchev–Trinajstić information content (AvgIpc) is 3.34. The Morgan fingerprint density at radius 2 is 1.94 bits per heavy atom. The number of esters is 1. The van der Waals surface area contributed by atoms with Gasteiger partial charge < -0.3 is 24.6 Å². The predicted molar refractivity (Wildman–Crippen MR) is 117 cm³/mol. The lowest BCUT2D eigenvalue weighted by Crippen LogP contribution is -2.45. The van der Waals surface area contributed by atoms with Gasteiger partial charge in [0.2, 0.25) is 5.91 Å². The molecule has 0 spiro atoms. The summed E-state index contributed by atoms with van der Waals surface area (Å²) in [5.41, 5.74) is 0.892. The van der Waals surface area contributed by atoms with Crippen molar-refractivity contribution in [2.75, 3.05) is 45.2 Å². The van der Waals surface area contributed by atoms with Crippen LogP contribution in [0.1, 0.15) is 43.0 Å². The van der Waals surface area contributed by atoms with Gasteiger partial charge in [0.1, 0.15) is 6.10 Å². The number of nitrogens with zero attached hydrogens (tertiary/aromatic N) is 2. The molecule has 1 aromatic rings. The van der Waals surface area contributed by atoms with Crippen LogP contribution in [0.15, 0.2) is 24.3 Å². The Hall–Kier alpha value is -2.94. The van der Waals surface area contributed by atoms with Gasteiger partial charge in [0, 0.05) is 38.0 Å². The summed E-state index contributed by atoms with van der Waals surface area (Å²) in [5.74, 6) is -1.08. The first-order valence-electron chi connectivity index (χ1n) is 11.1. The van der Waals surface area contributed by atoms with E-state index in [-0.39, 0.29) is 36.2 Å². The van der Waals surface area contributed by atoms with Gasteiger partial charge in [-0.05, 0) is 50.8 Å². The summed E-state index contributed by atoms with van der Waals surface area (Å²) in [4.78, 5) is 52.6. The Labute approximate surface area is 188 Å². The molecule has 2 heterocycles. The molecule has 9 heteroatoms. The molecule has 1 aromatic carbocycles. The molecule has 0 radical (unpaired) electrons. The van der Waals surface area contributed by atoms with Gasteiger partial charge in [-0.15, -0.1) is 0 Å². The number of anilines is 1. The monoisotopic (exact) mass is 445 g/mol. The zero-order valence-corrected chi connectivity index (χ0v) is 18.7. The largest absolute Gasteiger partial charge is 0.466 e. The molecule has 32 heavy (non-hydrogen) atoms. The van der Waals surface area contributed by atoms with Crippen molar-refractivity contribution in [1.82, 2.24) is 9.80 Å². The highest BCUT2D eigenvalue weighted by Gasteiger charge is 2.29. The van der Waals surface area contributed by atoms with E-state index in [0.29, 0.717) is 56.8 Å². The molecule has 0 aromatic heterocycles. The van der Waals surface area contributed by atoms with E-state index >= 15 is 0 Å². The van der Waals surface area contributed by atoms with Crippen molar-refractivity contribution in [2.45, 2.75) is 38.7 Å². The third-order valence-electron chi connectivity index (χ3n) is 5.79. The van der Waals surface area contributed by atoms with Crippen LogP contribution in [-0.4, -0.2) is 79.5 Å². The minimum atomic E-state index is -0.456. The van der Waals surface area contributed by atoms with Crippen LogP contribution in [0.2, 0.25) is 0 Å². The molecule has 1 atom stereocenters. The predicted octanol–water partition coefficient (Wildman–Crippen LogP) is 1.68. The molecule has 2 aliphatic rings. The molecular weight excluding hydrogens is 414 g/mol. The molecule has 0 saturated carbocycles. The number of benzene rings is 1. The van der Waals surface area contributed by atoms with E-state index in [1.807, 2.05) is 0 Å². The van der Waals surface area contributed by atoms with Crippen molar-refractivity contribution in [2.24, 2.45) is 5.92 Å². The topological polar surface area (TPSA) is 105 Å². The lowest BCUT2D eigenvalue weighted by molar-refractivity contribution is -0.151. The fourth-order valence-electron chi connectivity index (χ4n) is 3.96. The van der Waals surface area contributed by atoms with Gasteiger partial charge in [-0.3, -0.25) is 19.2 Å². The molecule has 0 aliphatic carbocycles. The molecule has 9 nitrogen and oxygen atoms in total. The van der Waals surface area contributed by atoms with Gasteiger partial charge in [0.25, 0.3) is 11.8 Å². The van der Waals surface area contributed by atoms with Gasteiger partial charge in [0.15, 0.2) is 0 Å². The maximum Gasteiger partial charge on any atom is 0.309 e. The van der Waals surface area contributed by atoms with Gasteiger partial charge in [-0.1, -0.05) is 6.07 Å². The standard InChI is InChI=1S/C23H31N3O6/c1-3-31-23(30)16-9-11-26(12-10-16)20(27)15-25(2)22(29)17-6-4-7-18(14-17)24-21(28)19-8-5-13-32-19/h4,6-7,14,16,19H,3,5,8-13,15H2,1-2H3,(H,24,28). The lowest BCUT2D eigenvalue weighted by Gasteiger charge is -2.32. The SMILES string of the molecule is CCOC(=O)C1CCN(C(=O)CN(C)C(=O)c2cccc(NC(=O)C3CCCO3)c2)CC1. The van der Waals surface area contributed by atoms with Crippen LogP contribution in [0.25, 0.3) is 0 Å². The highest BCUT2D eigenvalue weighted by Crippen LogP contribution is 2.20. The van der Waals surface area contributed by atoms with Gasteiger partial charge in [-0.2, -0.15) is 0 Å². The fourth-order valence-corrected chi connectivity index (χ4v) is 3.96. The number of rotatable bonds is 7. The Morgan fingerprint density at radius 3 is 2.59 bits per heavy atom. The Morgan fingerprint density at radius 1 is 1.19 bits per heavy atom. The summed E-state index contributed by atoms with van der Waals surface area (Å²) in [6.07, 6.45) is 2.22. The number of carbonyl (C=O) groups excluding carboxylic acids is 4. The zero-order valence-electron chi connectivity index (χ0n) is 18.7. The number of piperidine rings is 1. The normalized spacial score (nSPS) is 18.8. The highest BCUT2D eigenvalue weighted by atomic mass is 16.5. The third-order valence-corrected chi connectivity index (χ3v) is 5.79. The Balaban J connectivity index is 1.51. The van der Waals surface area contributed by atoms with Crippen molar-refractivity contribution >= 4 is 29.4 Å². The van der Waals surface area contributed by atoms with Crippen LogP contribution in [-0.2, 0) is 23.9 Å². The van der Waals surface area contributed by atoms with Crippen molar-refractivity contribution in [1.29, 1.82) is 0 Å². The second-order valence-electron chi connectivity index (χ2n) is 8.14. The summed E-state index contributed by atoms with van der Waals surface area (Å²) in [6.45, 7) is 3.58. The Bertz CT molecular complexity index is 844. The molecule has 3 rings (SSSR count). The average molecular weight is 446 g/mol. The summed E-state index contributed by atoms with van der Waals surface area (Å²) in [6, 6.07) is 6.65. The minimum Gasteiger partial charge on any atom is -0.466 e. The number of nitrogens with one attached hydrogen (secondary N) is 1. The van der Waals surface area contributed by atoms with E-state index in [9.17, 15) is 19.2 Å². The second kappa shape index (κ2) is 11.1. The minimum absolute atomic E-state index is 0.0601. The van der Waals surface area contributed by atoms with E-state index in [1.54, 1.807) is 43.1 Å². The van der Waals surface area contributed by atoms with Crippen LogP contribution in [0, 0.1) is 5.92 Å². The van der Waals surface area contributed by atoms with Crippen molar-refractivity contribution in [3.8, 4) is 0 Å². The van der Waals surface area contributed by atoms with Crippen LogP contribution in [0.5, 0.6) is 0 Å². The van der Waals surface area contributed by atoms with Crippen molar-refractivity contribution < 1.29 is 28.7 Å². The fraction of sp³-hybridized carbons (Fsp3) is 0.565. The molecular formula is C23H31N3O6. The second-order valence-corrected chi connectivity index (χ2v) is 8.14. The quantitative estimate of drug-likeness (QED) is 0.640. The number of amides is 3. The molecule has 3 amide bonds. The number of likely N-dealkylation sites (tertiary alicyclic amines) is 1. The van der Waals surface area contributed by atoms with Crippen LogP contribution in [0.3, 0.4) is 0 Å². The van der Waals surface area contributed by atoms with E-state index in [2.05, 4.69) is 5.32 Å². The molecule has 2 aliphatic heterocycles. The van der Waals surface area contributed by atoms with Crippen molar-refractivity contribution in [3.63, 3.8) is 0 Å². The smallest absolute Gasteiger partial charge is 0.309 e. The van der Waals surface area contributed by atoms with E-state index in [0.717, 1.165) is 6.42 Å². The number of likely N-dealkylation sites (N-methyl/N-ethyl adjacent to an activating group) is 1. The molecule has 0 bridgehead atoms. The zero-order chi connectivity index (χ0) is 23.1. The van der Waals surface area contributed by atoms with E-state index in [4.69, 9.17) is 9.47 Å². The number of hydrogen-bond donors (Lipinski definition) is 1. The van der Waals surface area contributed by atoms with E-state index < -0.39 is 6.10 Å². The summed E-state index contributed by atoms with van der Waals surface area (Å²) >= 11 is 0. The summed E-state index contributed by atoms with van der Waals surface area (Å²) in [5, 5.41) is 2.79. The molecule has 174 valence electrons. The first kappa shape index (κ1) is 23.7. The molecule has 1 unspecified atom stereocenters. The third kappa shape index (κ3) is 6.06. The van der Waals surface area contributed by atoms with Crippen LogP contribution in [0.4, 0.5) is 5.69 Å².